The predicted molar refractivity (Wildman–Crippen MR) is 89.3 cm³/mol. The first-order valence-corrected chi connectivity index (χ1v) is 8.36. The molecule has 5 heteroatoms. The number of ether oxygens (including phenoxy) is 1. The maximum absolute atomic E-state index is 11.9. The highest BCUT2D eigenvalue weighted by atomic mass is 35.5. The summed E-state index contributed by atoms with van der Waals surface area (Å²) in [7, 11) is 0. The van der Waals surface area contributed by atoms with Gasteiger partial charge in [-0.1, -0.05) is 11.6 Å². The molecule has 3 N–H and O–H groups in total. The van der Waals surface area contributed by atoms with Gasteiger partial charge in [-0.2, -0.15) is 0 Å². The van der Waals surface area contributed by atoms with Crippen molar-refractivity contribution in [2.24, 2.45) is 5.73 Å². The summed E-state index contributed by atoms with van der Waals surface area (Å²) in [6, 6.07) is 6.19. The van der Waals surface area contributed by atoms with E-state index in [1.165, 1.54) is 0 Å². The van der Waals surface area contributed by atoms with Crippen LogP contribution < -0.4 is 15.8 Å². The smallest absolute Gasteiger partial charge is 0.220 e. The van der Waals surface area contributed by atoms with Crippen molar-refractivity contribution in [3.63, 3.8) is 0 Å². The molecule has 1 aliphatic rings. The van der Waals surface area contributed by atoms with Gasteiger partial charge in [0.15, 0.2) is 0 Å². The van der Waals surface area contributed by atoms with Gasteiger partial charge < -0.3 is 15.8 Å². The molecule has 0 spiro atoms. The summed E-state index contributed by atoms with van der Waals surface area (Å²) in [5, 5.41) is 3.82. The largest absolute Gasteiger partial charge is 0.494 e. The van der Waals surface area contributed by atoms with Crippen LogP contribution in [0.3, 0.4) is 0 Å². The van der Waals surface area contributed by atoms with Gasteiger partial charge >= 0.3 is 0 Å². The van der Waals surface area contributed by atoms with Crippen LogP contribution in [0, 0.1) is 6.92 Å². The second kappa shape index (κ2) is 8.39. The Morgan fingerprint density at radius 2 is 2.09 bits per heavy atom. The molecule has 0 aliphatic heterocycles. The molecule has 1 fully saturated rings. The van der Waals surface area contributed by atoms with Crippen molar-refractivity contribution in [2.75, 3.05) is 6.61 Å². The van der Waals surface area contributed by atoms with Crippen molar-refractivity contribution in [2.45, 2.75) is 57.5 Å². The average molecular weight is 325 g/mol. The van der Waals surface area contributed by atoms with Crippen LogP contribution in [0.25, 0.3) is 0 Å². The molecule has 4 nitrogen and oxygen atoms in total. The molecular weight excluding hydrogens is 300 g/mol. The zero-order valence-electron chi connectivity index (χ0n) is 13.1. The number of carbonyl (C=O) groups excluding carboxylic acids is 1. The molecule has 1 amide bonds. The number of aryl methyl sites for hydroxylation is 1. The molecule has 0 bridgehead atoms. The number of nitrogens with two attached hydrogens (primary N) is 1. The van der Waals surface area contributed by atoms with E-state index < -0.39 is 0 Å². The molecule has 0 saturated heterocycles. The van der Waals surface area contributed by atoms with Crippen molar-refractivity contribution in [3.8, 4) is 5.75 Å². The second-order valence-corrected chi connectivity index (χ2v) is 6.45. The first-order chi connectivity index (χ1) is 10.5. The zero-order chi connectivity index (χ0) is 15.9. The summed E-state index contributed by atoms with van der Waals surface area (Å²) in [6.07, 6.45) is 5.20. The third kappa shape index (κ3) is 5.50. The van der Waals surface area contributed by atoms with Gasteiger partial charge in [-0.25, -0.2) is 0 Å². The number of nitrogens with one attached hydrogen (secondary N) is 1. The topological polar surface area (TPSA) is 64.3 Å². The van der Waals surface area contributed by atoms with Crippen molar-refractivity contribution in [1.29, 1.82) is 0 Å². The molecule has 0 radical (unpaired) electrons. The van der Waals surface area contributed by atoms with Crippen LogP contribution in [0.4, 0.5) is 0 Å². The van der Waals surface area contributed by atoms with Crippen molar-refractivity contribution < 1.29 is 9.53 Å². The van der Waals surface area contributed by atoms with E-state index >= 15 is 0 Å². The van der Waals surface area contributed by atoms with Crippen LogP contribution in [0.15, 0.2) is 18.2 Å². The molecule has 0 heterocycles. The molecule has 1 aromatic carbocycles. The summed E-state index contributed by atoms with van der Waals surface area (Å²) in [4.78, 5) is 11.9. The van der Waals surface area contributed by atoms with Crippen LogP contribution in [0.1, 0.15) is 44.1 Å². The number of rotatable bonds is 6. The van der Waals surface area contributed by atoms with Gasteiger partial charge in [0, 0.05) is 23.5 Å². The minimum atomic E-state index is 0.108. The highest BCUT2D eigenvalue weighted by Crippen LogP contribution is 2.21. The molecule has 2 rings (SSSR count). The Bertz CT molecular complexity index is 499. The Morgan fingerprint density at radius 1 is 1.36 bits per heavy atom. The van der Waals surface area contributed by atoms with E-state index in [0.29, 0.717) is 31.5 Å². The summed E-state index contributed by atoms with van der Waals surface area (Å²) < 4.78 is 5.64. The van der Waals surface area contributed by atoms with Gasteiger partial charge in [-0.05, 0) is 62.8 Å². The van der Waals surface area contributed by atoms with Crippen LogP contribution in [0.2, 0.25) is 5.02 Å². The van der Waals surface area contributed by atoms with Crippen LogP contribution in [-0.4, -0.2) is 24.6 Å². The number of carbonyl (C=O) groups is 1. The summed E-state index contributed by atoms with van der Waals surface area (Å²) in [6.45, 7) is 2.47. The Hall–Kier alpha value is -1.26. The Labute approximate surface area is 137 Å². The number of hydrogen-bond acceptors (Lipinski definition) is 3. The molecule has 1 aliphatic carbocycles. The van der Waals surface area contributed by atoms with E-state index in [-0.39, 0.29) is 5.91 Å². The van der Waals surface area contributed by atoms with Gasteiger partial charge in [0.05, 0.1) is 6.61 Å². The number of halogens is 1. The molecule has 22 heavy (non-hydrogen) atoms. The fraction of sp³-hybridized carbons (Fsp3) is 0.588. The summed E-state index contributed by atoms with van der Waals surface area (Å²) in [5.74, 6) is 0.903. The molecule has 0 unspecified atom stereocenters. The van der Waals surface area contributed by atoms with E-state index in [2.05, 4.69) is 5.32 Å². The molecule has 0 aromatic heterocycles. The van der Waals surface area contributed by atoms with Gasteiger partial charge in [0.1, 0.15) is 5.75 Å². The highest BCUT2D eigenvalue weighted by Gasteiger charge is 2.19. The molecule has 0 atom stereocenters. The fourth-order valence-electron chi connectivity index (χ4n) is 2.69. The van der Waals surface area contributed by atoms with Crippen LogP contribution in [0.5, 0.6) is 5.75 Å². The third-order valence-electron chi connectivity index (χ3n) is 4.08. The van der Waals surface area contributed by atoms with Gasteiger partial charge in [-0.15, -0.1) is 0 Å². The first-order valence-electron chi connectivity index (χ1n) is 7.98. The third-order valence-corrected chi connectivity index (χ3v) is 4.51. The summed E-state index contributed by atoms with van der Waals surface area (Å²) >= 11 is 5.97. The van der Waals surface area contributed by atoms with Gasteiger partial charge in [0.2, 0.25) is 5.91 Å². The Kier molecular flexibility index (Phi) is 6.52. The maximum Gasteiger partial charge on any atom is 0.220 e. The van der Waals surface area contributed by atoms with E-state index in [1.54, 1.807) is 0 Å². The predicted octanol–water partition coefficient (Wildman–Crippen LogP) is 3.19. The number of amides is 1. The maximum atomic E-state index is 11.9. The second-order valence-electron chi connectivity index (χ2n) is 6.04. The summed E-state index contributed by atoms with van der Waals surface area (Å²) in [5.41, 5.74) is 6.86. The minimum absolute atomic E-state index is 0.108. The van der Waals surface area contributed by atoms with E-state index in [9.17, 15) is 4.79 Å². The van der Waals surface area contributed by atoms with Gasteiger partial charge in [-0.3, -0.25) is 4.79 Å². The highest BCUT2D eigenvalue weighted by molar-refractivity contribution is 6.31. The first kappa shape index (κ1) is 17.1. The normalized spacial score (nSPS) is 21.4. The Morgan fingerprint density at radius 3 is 2.77 bits per heavy atom. The Balaban J connectivity index is 1.61. The molecule has 122 valence electrons. The SMILES string of the molecule is Cc1cc(OCCCC(=O)NC2CCC(N)CC2)ccc1Cl. The monoisotopic (exact) mass is 324 g/mol. The van der Waals surface area contributed by atoms with Crippen LogP contribution in [-0.2, 0) is 4.79 Å². The molecular formula is C17H25ClN2O2. The number of benzene rings is 1. The van der Waals surface area contributed by atoms with Crippen molar-refractivity contribution >= 4 is 17.5 Å². The van der Waals surface area contributed by atoms with E-state index in [4.69, 9.17) is 22.1 Å². The fourth-order valence-corrected chi connectivity index (χ4v) is 2.81. The quantitative estimate of drug-likeness (QED) is 0.790. The zero-order valence-corrected chi connectivity index (χ0v) is 13.9. The number of hydrogen-bond donors (Lipinski definition) is 2. The van der Waals surface area contributed by atoms with E-state index in [1.807, 2.05) is 25.1 Å². The molecule has 1 aromatic rings. The lowest BCUT2D eigenvalue weighted by Gasteiger charge is -2.26. The minimum Gasteiger partial charge on any atom is -0.494 e. The van der Waals surface area contributed by atoms with Crippen molar-refractivity contribution in [1.82, 2.24) is 5.32 Å². The molecule has 1 saturated carbocycles. The standard InChI is InChI=1S/C17H25ClN2O2/c1-12-11-15(8-9-16(12)18)22-10-2-3-17(21)20-14-6-4-13(19)5-7-14/h8-9,11,13-14H,2-7,10,19H2,1H3,(H,20,21). The van der Waals surface area contributed by atoms with E-state index in [0.717, 1.165) is 42.0 Å². The lowest BCUT2D eigenvalue weighted by molar-refractivity contribution is -0.122. The van der Waals surface area contributed by atoms with Crippen molar-refractivity contribution in [3.05, 3.63) is 28.8 Å². The average Bonchev–Trinajstić information content (AvgIpc) is 2.49. The van der Waals surface area contributed by atoms with Crippen LogP contribution >= 0.6 is 11.6 Å². The lowest BCUT2D eigenvalue weighted by Crippen LogP contribution is -2.40. The van der Waals surface area contributed by atoms with Gasteiger partial charge in [0.25, 0.3) is 0 Å². The lowest BCUT2D eigenvalue weighted by atomic mass is 9.92.